The van der Waals surface area contributed by atoms with Gasteiger partial charge < -0.3 is 14.1 Å². The zero-order valence-corrected chi connectivity index (χ0v) is 18.7. The van der Waals surface area contributed by atoms with Gasteiger partial charge in [0.2, 0.25) is 5.88 Å². The first-order valence-electron chi connectivity index (χ1n) is 9.60. The minimum absolute atomic E-state index is 0.0436. The second kappa shape index (κ2) is 8.71. The molecule has 4 rings (SSSR count). The molecule has 2 aliphatic rings. The van der Waals surface area contributed by atoms with Crippen molar-refractivity contribution >= 4 is 62.7 Å². The quantitative estimate of drug-likeness (QED) is 0.403. The molecular formula is C21H20BrN3O4S. The molecule has 1 aromatic heterocycles. The molecule has 0 radical (unpaired) electrons. The van der Waals surface area contributed by atoms with Crippen molar-refractivity contribution in [2.24, 2.45) is 0 Å². The van der Waals surface area contributed by atoms with Gasteiger partial charge in [-0.15, -0.1) is 0 Å². The Hall–Kier alpha value is -2.49. The number of nitrogens with one attached hydrogen (secondary N) is 1. The molecule has 2 aromatic rings. The van der Waals surface area contributed by atoms with Gasteiger partial charge in [0.25, 0.3) is 11.8 Å². The molecular weight excluding hydrogens is 470 g/mol. The third-order valence-electron chi connectivity index (χ3n) is 4.98. The summed E-state index contributed by atoms with van der Waals surface area (Å²) >= 11 is 8.75. The molecule has 2 saturated heterocycles. The Morgan fingerprint density at radius 2 is 1.90 bits per heavy atom. The van der Waals surface area contributed by atoms with Crippen molar-refractivity contribution in [3.8, 4) is 0 Å². The Morgan fingerprint density at radius 1 is 1.20 bits per heavy atom. The largest absolute Gasteiger partial charge is 0.440 e. The van der Waals surface area contributed by atoms with E-state index < -0.39 is 11.8 Å². The lowest BCUT2D eigenvalue weighted by Crippen LogP contribution is -2.54. The van der Waals surface area contributed by atoms with E-state index in [1.165, 1.54) is 11.0 Å². The lowest BCUT2D eigenvalue weighted by molar-refractivity contribution is -0.122. The predicted molar refractivity (Wildman–Crippen MR) is 121 cm³/mol. The second-order valence-electron chi connectivity index (χ2n) is 6.88. The van der Waals surface area contributed by atoms with Crippen LogP contribution in [0.3, 0.4) is 0 Å². The van der Waals surface area contributed by atoms with Crippen molar-refractivity contribution in [1.29, 1.82) is 0 Å². The normalized spacial score (nSPS) is 18.9. The van der Waals surface area contributed by atoms with E-state index in [1.54, 1.807) is 6.07 Å². The van der Waals surface area contributed by atoms with E-state index in [2.05, 4.69) is 33.1 Å². The number of ether oxygens (including phenoxy) is 1. The first-order chi connectivity index (χ1) is 14.5. The molecule has 0 aliphatic carbocycles. The van der Waals surface area contributed by atoms with Crippen LogP contribution in [0.25, 0.3) is 6.08 Å². The SMILES string of the molecule is CCc1ccc(N2C(=O)/C(=C/c3cc(Br)c(N4CCOCC4)o3)C(=O)NC2=S)cc1. The van der Waals surface area contributed by atoms with E-state index in [1.807, 2.05) is 24.3 Å². The van der Waals surface area contributed by atoms with Crippen LogP contribution in [-0.4, -0.2) is 43.2 Å². The third kappa shape index (κ3) is 4.05. The Morgan fingerprint density at radius 3 is 2.57 bits per heavy atom. The van der Waals surface area contributed by atoms with Crippen LogP contribution in [0.2, 0.25) is 0 Å². The lowest BCUT2D eigenvalue weighted by atomic mass is 10.1. The first kappa shape index (κ1) is 20.8. The first-order valence-corrected chi connectivity index (χ1v) is 10.8. The summed E-state index contributed by atoms with van der Waals surface area (Å²) in [5.74, 6) is 0.00707. The van der Waals surface area contributed by atoms with E-state index in [-0.39, 0.29) is 10.7 Å². The molecule has 3 heterocycles. The number of hydrogen-bond acceptors (Lipinski definition) is 6. The van der Waals surface area contributed by atoms with Crippen LogP contribution in [0.15, 0.2) is 44.8 Å². The maximum Gasteiger partial charge on any atom is 0.270 e. The number of amides is 2. The van der Waals surface area contributed by atoms with Crippen LogP contribution < -0.4 is 15.1 Å². The Balaban J connectivity index is 1.64. The van der Waals surface area contributed by atoms with Gasteiger partial charge >= 0.3 is 0 Å². The molecule has 9 heteroatoms. The second-order valence-corrected chi connectivity index (χ2v) is 8.12. The Kier molecular flexibility index (Phi) is 6.03. The molecule has 156 valence electrons. The highest BCUT2D eigenvalue weighted by Gasteiger charge is 2.35. The van der Waals surface area contributed by atoms with Crippen LogP contribution in [0, 0.1) is 0 Å². The summed E-state index contributed by atoms with van der Waals surface area (Å²) < 4.78 is 12.0. The van der Waals surface area contributed by atoms with Gasteiger partial charge in [-0.1, -0.05) is 19.1 Å². The fourth-order valence-electron chi connectivity index (χ4n) is 3.34. The van der Waals surface area contributed by atoms with Crippen molar-refractivity contribution in [3.63, 3.8) is 0 Å². The molecule has 2 fully saturated rings. The van der Waals surface area contributed by atoms with Crippen LogP contribution in [0.1, 0.15) is 18.2 Å². The van der Waals surface area contributed by atoms with Crippen LogP contribution in [-0.2, 0) is 20.7 Å². The van der Waals surface area contributed by atoms with Crippen molar-refractivity contribution in [2.75, 3.05) is 36.1 Å². The molecule has 0 bridgehead atoms. The fraction of sp³-hybridized carbons (Fsp3) is 0.286. The number of thiocarbonyl (C=S) groups is 1. The lowest BCUT2D eigenvalue weighted by Gasteiger charge is -2.29. The van der Waals surface area contributed by atoms with E-state index >= 15 is 0 Å². The van der Waals surface area contributed by atoms with Crippen LogP contribution in [0.5, 0.6) is 0 Å². The van der Waals surface area contributed by atoms with E-state index in [0.717, 1.165) is 16.5 Å². The minimum atomic E-state index is -0.549. The monoisotopic (exact) mass is 489 g/mol. The summed E-state index contributed by atoms with van der Waals surface area (Å²) in [6.45, 7) is 4.70. The number of anilines is 2. The molecule has 0 saturated carbocycles. The molecule has 2 amide bonds. The number of benzene rings is 1. The summed E-state index contributed by atoms with van der Waals surface area (Å²) in [6.07, 6.45) is 2.33. The van der Waals surface area contributed by atoms with Gasteiger partial charge in [0.15, 0.2) is 5.11 Å². The van der Waals surface area contributed by atoms with Crippen molar-refractivity contribution in [2.45, 2.75) is 13.3 Å². The van der Waals surface area contributed by atoms with Gasteiger partial charge in [0, 0.05) is 19.2 Å². The number of carbonyl (C=O) groups is 2. The summed E-state index contributed by atoms with van der Waals surface area (Å²) in [6, 6.07) is 9.24. The summed E-state index contributed by atoms with van der Waals surface area (Å²) in [5, 5.41) is 2.65. The number of hydrogen-bond donors (Lipinski definition) is 1. The molecule has 7 nitrogen and oxygen atoms in total. The van der Waals surface area contributed by atoms with Crippen molar-refractivity contribution < 1.29 is 18.7 Å². The Bertz CT molecular complexity index is 1030. The number of morpholine rings is 1. The smallest absolute Gasteiger partial charge is 0.270 e. The number of nitrogens with zero attached hydrogens (tertiary/aromatic N) is 2. The standard InChI is InChI=1S/C21H20BrN3O4S/c1-2-13-3-5-14(6-4-13)25-19(27)16(18(26)23-21(25)30)11-15-12-17(22)20(29-15)24-7-9-28-10-8-24/h3-6,11-12H,2,7-10H2,1H3,(H,23,26,30)/b16-11+. The predicted octanol–water partition coefficient (Wildman–Crippen LogP) is 3.27. The minimum Gasteiger partial charge on any atom is -0.440 e. The number of halogens is 1. The molecule has 1 aromatic carbocycles. The van der Waals surface area contributed by atoms with E-state index in [4.69, 9.17) is 21.4 Å². The molecule has 0 atom stereocenters. The average Bonchev–Trinajstić information content (AvgIpc) is 3.12. The van der Waals surface area contributed by atoms with Crippen molar-refractivity contribution in [3.05, 3.63) is 51.7 Å². The maximum atomic E-state index is 13.1. The summed E-state index contributed by atoms with van der Waals surface area (Å²) in [5.41, 5.74) is 1.70. The van der Waals surface area contributed by atoms with Gasteiger partial charge in [-0.05, 0) is 58.3 Å². The number of furan rings is 1. The third-order valence-corrected chi connectivity index (χ3v) is 5.83. The van der Waals surface area contributed by atoms with E-state index in [9.17, 15) is 9.59 Å². The highest BCUT2D eigenvalue weighted by Crippen LogP contribution is 2.32. The van der Waals surface area contributed by atoms with Gasteiger partial charge in [-0.3, -0.25) is 19.8 Å². The molecule has 0 spiro atoms. The average molecular weight is 490 g/mol. The zero-order chi connectivity index (χ0) is 21.3. The topological polar surface area (TPSA) is 75.0 Å². The Labute approximate surface area is 187 Å². The molecule has 0 unspecified atom stereocenters. The zero-order valence-electron chi connectivity index (χ0n) is 16.3. The highest BCUT2D eigenvalue weighted by atomic mass is 79.9. The highest BCUT2D eigenvalue weighted by molar-refractivity contribution is 9.10. The maximum absolute atomic E-state index is 13.1. The van der Waals surface area contributed by atoms with Gasteiger partial charge in [-0.2, -0.15) is 0 Å². The van der Waals surface area contributed by atoms with Gasteiger partial charge in [0.05, 0.1) is 23.4 Å². The summed E-state index contributed by atoms with van der Waals surface area (Å²) in [7, 11) is 0. The number of carbonyl (C=O) groups excluding carboxylic acids is 2. The van der Waals surface area contributed by atoms with Gasteiger partial charge in [0.1, 0.15) is 11.3 Å². The summed E-state index contributed by atoms with van der Waals surface area (Å²) in [4.78, 5) is 29.0. The number of aryl methyl sites for hydroxylation is 1. The van der Waals surface area contributed by atoms with Crippen molar-refractivity contribution in [1.82, 2.24) is 5.32 Å². The molecule has 30 heavy (non-hydrogen) atoms. The van der Waals surface area contributed by atoms with Gasteiger partial charge in [-0.25, -0.2) is 0 Å². The molecule has 1 N–H and O–H groups in total. The number of rotatable bonds is 4. The van der Waals surface area contributed by atoms with Crippen LogP contribution in [0.4, 0.5) is 11.6 Å². The van der Waals surface area contributed by atoms with Crippen LogP contribution >= 0.6 is 28.1 Å². The molecule has 2 aliphatic heterocycles. The van der Waals surface area contributed by atoms with E-state index in [0.29, 0.717) is 43.6 Å². The fourth-order valence-corrected chi connectivity index (χ4v) is 4.18.